The molecule has 8 heteroatoms. The third-order valence-electron chi connectivity index (χ3n) is 3.45. The number of amides is 1. The third kappa shape index (κ3) is 3.11. The highest BCUT2D eigenvalue weighted by molar-refractivity contribution is 6.09. The van der Waals surface area contributed by atoms with Crippen LogP contribution in [0.1, 0.15) is 40.6 Å². The van der Waals surface area contributed by atoms with Gasteiger partial charge in [-0.2, -0.15) is 0 Å². The molecule has 0 aliphatic carbocycles. The number of hydrogen-bond donors (Lipinski definition) is 2. The van der Waals surface area contributed by atoms with Crippen LogP contribution in [-0.4, -0.2) is 49.3 Å². The number of carbonyl (C=O) groups is 3. The molecule has 1 aliphatic rings. The van der Waals surface area contributed by atoms with E-state index in [0.717, 1.165) is 6.42 Å². The van der Waals surface area contributed by atoms with Crippen molar-refractivity contribution in [2.45, 2.75) is 32.0 Å². The maximum atomic E-state index is 12.2. The Labute approximate surface area is 127 Å². The van der Waals surface area contributed by atoms with E-state index in [1.165, 1.54) is 20.4 Å². The SMILES string of the molecule is COC(=O)c1c[nH]c(C(=O)OC)c1NC(=O)[C@H]1CC[C@H](C)O1. The quantitative estimate of drug-likeness (QED) is 0.806. The number of methoxy groups -OCH3 is 2. The predicted octanol–water partition coefficient (Wildman–Crippen LogP) is 1.09. The lowest BCUT2D eigenvalue weighted by Gasteiger charge is -2.13. The minimum Gasteiger partial charge on any atom is -0.465 e. The summed E-state index contributed by atoms with van der Waals surface area (Å²) in [5.41, 5.74) is 0.0523. The van der Waals surface area contributed by atoms with Crippen LogP contribution in [0.3, 0.4) is 0 Å². The minimum atomic E-state index is -0.703. The van der Waals surface area contributed by atoms with Crippen LogP contribution < -0.4 is 5.32 Å². The average molecular weight is 310 g/mol. The lowest BCUT2D eigenvalue weighted by atomic mass is 10.2. The summed E-state index contributed by atoms with van der Waals surface area (Å²) in [6.45, 7) is 1.88. The van der Waals surface area contributed by atoms with Crippen molar-refractivity contribution in [2.75, 3.05) is 19.5 Å². The van der Waals surface area contributed by atoms with Crippen LogP contribution in [-0.2, 0) is 19.0 Å². The van der Waals surface area contributed by atoms with Crippen LogP contribution >= 0.6 is 0 Å². The summed E-state index contributed by atoms with van der Waals surface area (Å²) in [5, 5.41) is 2.56. The Morgan fingerprint density at radius 2 is 1.91 bits per heavy atom. The van der Waals surface area contributed by atoms with Crippen molar-refractivity contribution >= 4 is 23.5 Å². The summed E-state index contributed by atoms with van der Waals surface area (Å²) < 4.78 is 14.7. The number of nitrogens with one attached hydrogen (secondary N) is 2. The number of carbonyl (C=O) groups excluding carboxylic acids is 3. The smallest absolute Gasteiger partial charge is 0.356 e. The molecular formula is C14H18N2O6. The standard InChI is InChI=1S/C14H18N2O6/c1-7-4-5-9(22-7)12(17)16-10-8(13(18)20-2)6-15-11(10)14(19)21-3/h6-7,9,15H,4-5H2,1-3H3,(H,16,17)/t7-,9+/m0/s1. The molecule has 1 aromatic heterocycles. The largest absolute Gasteiger partial charge is 0.465 e. The van der Waals surface area contributed by atoms with Gasteiger partial charge in [-0.15, -0.1) is 0 Å². The second kappa shape index (κ2) is 6.61. The van der Waals surface area contributed by atoms with E-state index in [0.29, 0.717) is 6.42 Å². The maximum Gasteiger partial charge on any atom is 0.356 e. The van der Waals surface area contributed by atoms with Crippen LogP contribution in [0.5, 0.6) is 0 Å². The van der Waals surface area contributed by atoms with Gasteiger partial charge in [0.05, 0.1) is 26.0 Å². The topological polar surface area (TPSA) is 107 Å². The lowest BCUT2D eigenvalue weighted by Crippen LogP contribution is -2.29. The molecule has 0 unspecified atom stereocenters. The molecule has 1 aromatic rings. The highest BCUT2D eigenvalue weighted by Crippen LogP contribution is 2.25. The second-order valence-corrected chi connectivity index (χ2v) is 4.94. The number of H-pyrrole nitrogens is 1. The molecule has 0 spiro atoms. The van der Waals surface area contributed by atoms with Gasteiger partial charge in [0.25, 0.3) is 5.91 Å². The molecule has 2 heterocycles. The third-order valence-corrected chi connectivity index (χ3v) is 3.45. The van der Waals surface area contributed by atoms with Gasteiger partial charge in [0.2, 0.25) is 0 Å². The molecule has 0 aromatic carbocycles. The predicted molar refractivity (Wildman–Crippen MR) is 75.7 cm³/mol. The van der Waals surface area contributed by atoms with E-state index in [4.69, 9.17) is 4.74 Å². The first-order valence-electron chi connectivity index (χ1n) is 6.82. The van der Waals surface area contributed by atoms with Crippen LogP contribution in [0.15, 0.2) is 6.20 Å². The average Bonchev–Trinajstić information content (AvgIpc) is 3.12. The van der Waals surface area contributed by atoms with Crippen molar-refractivity contribution in [3.63, 3.8) is 0 Å². The molecule has 1 fully saturated rings. The molecule has 2 N–H and O–H groups in total. The Morgan fingerprint density at radius 1 is 1.23 bits per heavy atom. The van der Waals surface area contributed by atoms with E-state index in [-0.39, 0.29) is 23.0 Å². The number of esters is 2. The van der Waals surface area contributed by atoms with Gasteiger partial charge in [0, 0.05) is 6.20 Å². The van der Waals surface area contributed by atoms with Gasteiger partial charge in [-0.1, -0.05) is 0 Å². The van der Waals surface area contributed by atoms with E-state index in [1.807, 2.05) is 6.92 Å². The van der Waals surface area contributed by atoms with Gasteiger partial charge in [-0.25, -0.2) is 9.59 Å². The first-order chi connectivity index (χ1) is 10.5. The Hall–Kier alpha value is -2.35. The highest BCUT2D eigenvalue weighted by Gasteiger charge is 2.31. The van der Waals surface area contributed by atoms with Crippen molar-refractivity contribution in [3.8, 4) is 0 Å². The molecule has 0 bridgehead atoms. The molecule has 1 aliphatic heterocycles. The molecule has 22 heavy (non-hydrogen) atoms. The van der Waals surface area contributed by atoms with Crippen molar-refractivity contribution in [2.24, 2.45) is 0 Å². The number of aromatic amines is 1. The van der Waals surface area contributed by atoms with Gasteiger partial charge < -0.3 is 24.5 Å². The Balaban J connectivity index is 2.27. The number of hydrogen-bond acceptors (Lipinski definition) is 6. The summed E-state index contributed by atoms with van der Waals surface area (Å²) >= 11 is 0. The van der Waals surface area contributed by atoms with Gasteiger partial charge in [-0.3, -0.25) is 4.79 Å². The number of rotatable bonds is 4. The molecule has 8 nitrogen and oxygen atoms in total. The number of aromatic nitrogens is 1. The van der Waals surface area contributed by atoms with Gasteiger partial charge >= 0.3 is 11.9 Å². The van der Waals surface area contributed by atoms with Gasteiger partial charge in [0.15, 0.2) is 0 Å². The lowest BCUT2D eigenvalue weighted by molar-refractivity contribution is -0.126. The maximum absolute atomic E-state index is 12.2. The Morgan fingerprint density at radius 3 is 2.45 bits per heavy atom. The normalized spacial score (nSPS) is 20.5. The van der Waals surface area contributed by atoms with Gasteiger partial charge in [-0.05, 0) is 19.8 Å². The summed E-state index contributed by atoms with van der Waals surface area (Å²) in [6, 6.07) is 0. The molecule has 2 atom stereocenters. The van der Waals surface area contributed by atoms with Crippen LogP contribution in [0.2, 0.25) is 0 Å². The zero-order valence-corrected chi connectivity index (χ0v) is 12.6. The second-order valence-electron chi connectivity index (χ2n) is 4.94. The van der Waals surface area contributed by atoms with Crippen molar-refractivity contribution < 1.29 is 28.6 Å². The summed E-state index contributed by atoms with van der Waals surface area (Å²) in [6.07, 6.45) is 2.03. The molecule has 1 amide bonds. The van der Waals surface area contributed by atoms with E-state index < -0.39 is 23.9 Å². The van der Waals surface area contributed by atoms with Crippen LogP contribution in [0.25, 0.3) is 0 Å². The summed E-state index contributed by atoms with van der Waals surface area (Å²) in [5.74, 6) is -1.80. The molecule has 1 saturated heterocycles. The Bertz CT molecular complexity index is 561. The minimum absolute atomic E-state index is 0.00197. The van der Waals surface area contributed by atoms with Gasteiger partial charge in [0.1, 0.15) is 17.4 Å². The molecular weight excluding hydrogens is 292 g/mol. The molecule has 120 valence electrons. The fraction of sp³-hybridized carbons (Fsp3) is 0.500. The number of anilines is 1. The zero-order valence-electron chi connectivity index (χ0n) is 12.6. The van der Waals surface area contributed by atoms with Crippen molar-refractivity contribution in [1.82, 2.24) is 4.98 Å². The summed E-state index contributed by atoms with van der Waals surface area (Å²) in [7, 11) is 2.41. The Kier molecular flexibility index (Phi) is 4.81. The van der Waals surface area contributed by atoms with Crippen LogP contribution in [0.4, 0.5) is 5.69 Å². The fourth-order valence-electron chi connectivity index (χ4n) is 2.29. The van der Waals surface area contributed by atoms with E-state index in [9.17, 15) is 14.4 Å². The van der Waals surface area contributed by atoms with E-state index >= 15 is 0 Å². The number of ether oxygens (including phenoxy) is 3. The molecule has 0 radical (unpaired) electrons. The van der Waals surface area contributed by atoms with Crippen molar-refractivity contribution in [1.29, 1.82) is 0 Å². The first-order valence-corrected chi connectivity index (χ1v) is 6.82. The van der Waals surface area contributed by atoms with Crippen molar-refractivity contribution in [3.05, 3.63) is 17.5 Å². The summed E-state index contributed by atoms with van der Waals surface area (Å²) in [4.78, 5) is 38.3. The highest BCUT2D eigenvalue weighted by atomic mass is 16.5. The molecule has 0 saturated carbocycles. The van der Waals surface area contributed by atoms with E-state index in [2.05, 4.69) is 19.8 Å². The monoisotopic (exact) mass is 310 g/mol. The fourth-order valence-corrected chi connectivity index (χ4v) is 2.29. The van der Waals surface area contributed by atoms with E-state index in [1.54, 1.807) is 0 Å². The zero-order chi connectivity index (χ0) is 16.3. The van der Waals surface area contributed by atoms with Crippen LogP contribution in [0, 0.1) is 0 Å². The molecule has 2 rings (SSSR count). The first kappa shape index (κ1) is 16.0.